The maximum atomic E-state index is 12.3. The smallest absolute Gasteiger partial charge is 0.313 e. The van der Waals surface area contributed by atoms with Crippen molar-refractivity contribution in [2.24, 2.45) is 0 Å². The molecule has 3 rings (SSSR count). The summed E-state index contributed by atoms with van der Waals surface area (Å²) in [5.41, 5.74) is 1.08. The minimum absolute atomic E-state index is 0.0405. The molecule has 0 bridgehead atoms. The fourth-order valence-electron chi connectivity index (χ4n) is 2.95. The molecule has 1 amide bonds. The third-order valence-electron chi connectivity index (χ3n) is 4.32. The molecule has 1 aliphatic heterocycles. The van der Waals surface area contributed by atoms with E-state index in [4.69, 9.17) is 4.74 Å². The highest BCUT2D eigenvalue weighted by Gasteiger charge is 2.25. The van der Waals surface area contributed by atoms with Crippen LogP contribution >= 0.6 is 11.8 Å². The minimum atomic E-state index is -0.331. The number of rotatable bonds is 7. The van der Waals surface area contributed by atoms with Gasteiger partial charge in [0.1, 0.15) is 12.2 Å². The lowest BCUT2D eigenvalue weighted by Gasteiger charge is -2.14. The number of hydrogen-bond acceptors (Lipinski definition) is 6. The number of hydrogen-bond donors (Lipinski definition) is 1. The van der Waals surface area contributed by atoms with E-state index in [1.54, 1.807) is 6.92 Å². The molecular formula is C19H24N4O3S. The van der Waals surface area contributed by atoms with Crippen LogP contribution in [0, 0.1) is 0 Å². The second kappa shape index (κ2) is 9.55. The number of nitrogens with one attached hydrogen (secondary N) is 1. The van der Waals surface area contributed by atoms with E-state index in [1.165, 1.54) is 11.8 Å². The van der Waals surface area contributed by atoms with Gasteiger partial charge in [-0.25, -0.2) is 0 Å². The molecule has 1 fully saturated rings. The van der Waals surface area contributed by atoms with Crippen LogP contribution in [-0.2, 0) is 27.3 Å². The third-order valence-corrected chi connectivity index (χ3v) is 5.56. The van der Waals surface area contributed by atoms with Gasteiger partial charge < -0.3 is 14.6 Å². The molecule has 1 aliphatic rings. The summed E-state index contributed by atoms with van der Waals surface area (Å²) in [6.07, 6.45) is 2.86. The van der Waals surface area contributed by atoms with E-state index in [0.717, 1.165) is 31.4 Å². The van der Waals surface area contributed by atoms with Crippen LogP contribution in [0.15, 0.2) is 35.5 Å². The van der Waals surface area contributed by atoms with Crippen molar-refractivity contribution in [1.29, 1.82) is 0 Å². The molecule has 0 spiro atoms. The molecule has 1 aromatic heterocycles. The van der Waals surface area contributed by atoms with Gasteiger partial charge in [0.2, 0.25) is 5.91 Å². The second-order valence-electron chi connectivity index (χ2n) is 6.35. The minimum Gasteiger partial charge on any atom is -0.466 e. The molecule has 8 heteroatoms. The number of amides is 1. The monoisotopic (exact) mass is 388 g/mol. The van der Waals surface area contributed by atoms with Gasteiger partial charge in [-0.15, -0.1) is 10.2 Å². The molecule has 7 nitrogen and oxygen atoms in total. The van der Waals surface area contributed by atoms with Crippen LogP contribution in [0.2, 0.25) is 0 Å². The molecule has 1 N–H and O–H groups in total. The summed E-state index contributed by atoms with van der Waals surface area (Å²) in [6.45, 7) is 3.37. The van der Waals surface area contributed by atoms with Crippen LogP contribution in [0.1, 0.15) is 37.6 Å². The molecular weight excluding hydrogens is 364 g/mol. The molecule has 1 aromatic carbocycles. The number of benzene rings is 1. The van der Waals surface area contributed by atoms with Crippen molar-refractivity contribution in [3.05, 3.63) is 41.7 Å². The fourth-order valence-corrected chi connectivity index (χ4v) is 4.07. The number of aromatic nitrogens is 3. The van der Waals surface area contributed by atoms with Crippen LogP contribution in [0.4, 0.5) is 0 Å². The predicted molar refractivity (Wildman–Crippen MR) is 102 cm³/mol. The summed E-state index contributed by atoms with van der Waals surface area (Å²) in [5.74, 6) is 0.260. The van der Waals surface area contributed by atoms with E-state index in [1.807, 2.05) is 34.9 Å². The molecule has 144 valence electrons. The summed E-state index contributed by atoms with van der Waals surface area (Å²) in [5, 5.41) is 11.9. The SMILES string of the molecule is CCOC(=O)Cc1nnc(SC2CCCCNC2=O)n1Cc1ccccc1. The van der Waals surface area contributed by atoms with Crippen molar-refractivity contribution in [2.75, 3.05) is 13.2 Å². The van der Waals surface area contributed by atoms with Crippen molar-refractivity contribution < 1.29 is 14.3 Å². The van der Waals surface area contributed by atoms with Crippen molar-refractivity contribution in [3.63, 3.8) is 0 Å². The zero-order valence-corrected chi connectivity index (χ0v) is 16.2. The topological polar surface area (TPSA) is 86.1 Å². The van der Waals surface area contributed by atoms with Crippen LogP contribution in [0.5, 0.6) is 0 Å². The molecule has 1 saturated heterocycles. The average molecular weight is 388 g/mol. The summed E-state index contributed by atoms with van der Waals surface area (Å²) < 4.78 is 6.96. The summed E-state index contributed by atoms with van der Waals surface area (Å²) >= 11 is 1.42. The molecule has 1 unspecified atom stereocenters. The van der Waals surface area contributed by atoms with E-state index in [9.17, 15) is 9.59 Å². The number of carbonyl (C=O) groups excluding carboxylic acids is 2. The van der Waals surface area contributed by atoms with Gasteiger partial charge in [-0.05, 0) is 25.3 Å². The van der Waals surface area contributed by atoms with Gasteiger partial charge in [-0.1, -0.05) is 48.5 Å². The lowest BCUT2D eigenvalue weighted by molar-refractivity contribution is -0.142. The Bertz CT molecular complexity index is 779. The number of esters is 1. The maximum Gasteiger partial charge on any atom is 0.313 e. The number of nitrogens with zero attached hydrogens (tertiary/aromatic N) is 3. The van der Waals surface area contributed by atoms with Gasteiger partial charge in [-0.2, -0.15) is 0 Å². The quantitative estimate of drug-likeness (QED) is 0.732. The summed E-state index contributed by atoms with van der Waals surface area (Å²) in [4.78, 5) is 24.2. The Morgan fingerprint density at radius 2 is 2.11 bits per heavy atom. The van der Waals surface area contributed by atoms with Gasteiger partial charge in [-0.3, -0.25) is 9.59 Å². The van der Waals surface area contributed by atoms with Crippen molar-refractivity contribution in [2.45, 2.75) is 49.6 Å². The van der Waals surface area contributed by atoms with Crippen LogP contribution in [0.3, 0.4) is 0 Å². The first-order chi connectivity index (χ1) is 13.2. The standard InChI is InChI=1S/C19H24N4O3S/c1-2-26-17(24)12-16-21-22-19(23(16)13-14-8-4-3-5-9-14)27-15-10-6-7-11-20-18(15)25/h3-5,8-9,15H,2,6-7,10-13H2,1H3,(H,20,25). The van der Waals surface area contributed by atoms with Gasteiger partial charge >= 0.3 is 5.97 Å². The lowest BCUT2D eigenvalue weighted by Crippen LogP contribution is -2.31. The highest BCUT2D eigenvalue weighted by atomic mass is 32.2. The second-order valence-corrected chi connectivity index (χ2v) is 7.52. The number of carbonyl (C=O) groups is 2. The van der Waals surface area contributed by atoms with Gasteiger partial charge in [0, 0.05) is 6.54 Å². The van der Waals surface area contributed by atoms with Crippen molar-refractivity contribution in [1.82, 2.24) is 20.1 Å². The van der Waals surface area contributed by atoms with Gasteiger partial charge in [0.05, 0.1) is 18.4 Å². The first-order valence-corrected chi connectivity index (χ1v) is 10.1. The number of thioether (sulfide) groups is 1. The molecule has 2 aromatic rings. The van der Waals surface area contributed by atoms with E-state index >= 15 is 0 Å². The van der Waals surface area contributed by atoms with Crippen LogP contribution in [-0.4, -0.2) is 45.0 Å². The molecule has 1 atom stereocenters. The van der Waals surface area contributed by atoms with Crippen molar-refractivity contribution in [3.8, 4) is 0 Å². The summed E-state index contributed by atoms with van der Waals surface area (Å²) in [7, 11) is 0. The average Bonchev–Trinajstić information content (AvgIpc) is 2.89. The molecule has 2 heterocycles. The zero-order valence-electron chi connectivity index (χ0n) is 15.4. The van der Waals surface area contributed by atoms with Gasteiger partial charge in [0.15, 0.2) is 5.16 Å². The largest absolute Gasteiger partial charge is 0.466 e. The Hall–Kier alpha value is -2.35. The van der Waals surface area contributed by atoms with E-state index in [-0.39, 0.29) is 23.5 Å². The summed E-state index contributed by atoms with van der Waals surface area (Å²) in [6, 6.07) is 9.93. The normalized spacial score (nSPS) is 17.2. The fraction of sp³-hybridized carbons (Fsp3) is 0.474. The Morgan fingerprint density at radius 1 is 1.30 bits per heavy atom. The zero-order chi connectivity index (χ0) is 19.1. The molecule has 0 saturated carbocycles. The Balaban J connectivity index is 1.84. The highest BCUT2D eigenvalue weighted by molar-refractivity contribution is 8.00. The predicted octanol–water partition coefficient (Wildman–Crippen LogP) is 2.19. The third kappa shape index (κ3) is 5.32. The van der Waals surface area contributed by atoms with Crippen LogP contribution in [0.25, 0.3) is 0 Å². The first kappa shape index (κ1) is 19.4. The van der Waals surface area contributed by atoms with E-state index in [2.05, 4.69) is 15.5 Å². The molecule has 27 heavy (non-hydrogen) atoms. The van der Waals surface area contributed by atoms with Crippen molar-refractivity contribution >= 4 is 23.6 Å². The first-order valence-electron chi connectivity index (χ1n) is 9.23. The Labute approximate surface area is 162 Å². The van der Waals surface area contributed by atoms with E-state index < -0.39 is 0 Å². The molecule has 0 aliphatic carbocycles. The maximum absolute atomic E-state index is 12.3. The van der Waals surface area contributed by atoms with E-state index in [0.29, 0.717) is 24.1 Å². The highest BCUT2D eigenvalue weighted by Crippen LogP contribution is 2.28. The number of ether oxygens (including phenoxy) is 1. The Kier molecular flexibility index (Phi) is 6.86. The lowest BCUT2D eigenvalue weighted by atomic mass is 10.2. The molecule has 0 radical (unpaired) electrons. The van der Waals surface area contributed by atoms with Gasteiger partial charge in [0.25, 0.3) is 0 Å². The van der Waals surface area contributed by atoms with Crippen LogP contribution < -0.4 is 5.32 Å². The Morgan fingerprint density at radius 3 is 2.89 bits per heavy atom.